The van der Waals surface area contributed by atoms with Crippen LogP contribution in [-0.4, -0.2) is 22.6 Å². The summed E-state index contributed by atoms with van der Waals surface area (Å²) in [6.45, 7) is 0.0844. The number of aromatic carboxylic acids is 1. The zero-order valence-electron chi connectivity index (χ0n) is 12.3. The lowest BCUT2D eigenvalue weighted by Crippen LogP contribution is -2.21. The van der Waals surface area contributed by atoms with Crippen molar-refractivity contribution in [2.45, 2.75) is 6.61 Å². The average molecular weight is 327 g/mol. The number of anilines is 1. The van der Waals surface area contributed by atoms with Crippen LogP contribution in [0.4, 0.5) is 5.69 Å². The highest BCUT2D eigenvalue weighted by molar-refractivity contribution is 6.45. The fourth-order valence-electron chi connectivity index (χ4n) is 1.62. The summed E-state index contributed by atoms with van der Waals surface area (Å²) in [6, 6.07) is 11.2. The van der Waals surface area contributed by atoms with Crippen LogP contribution in [0, 0.1) is 16.7 Å². The van der Waals surface area contributed by atoms with Crippen LogP contribution in [0.2, 0.25) is 0 Å². The molecule has 0 fully saturated rings. The SMILES string of the molecule is N#C/C(=N\Nc1ccc(OCc2ccc(C(=O)O)o2)cc1)C(=N)N. The number of hydrazone groups is 1. The molecule has 2 rings (SSSR count). The van der Waals surface area contributed by atoms with E-state index in [4.69, 9.17) is 30.7 Å². The summed E-state index contributed by atoms with van der Waals surface area (Å²) in [5.74, 6) is -0.794. The number of hydrogen-bond donors (Lipinski definition) is 4. The Kier molecular flexibility index (Phi) is 5.15. The minimum atomic E-state index is -1.14. The van der Waals surface area contributed by atoms with Gasteiger partial charge in [0.2, 0.25) is 11.5 Å². The molecule has 122 valence electrons. The second-order valence-electron chi connectivity index (χ2n) is 4.48. The molecule has 0 aliphatic heterocycles. The van der Waals surface area contributed by atoms with Crippen molar-refractivity contribution in [2.24, 2.45) is 10.8 Å². The van der Waals surface area contributed by atoms with Crippen LogP contribution in [0.25, 0.3) is 0 Å². The Labute approximate surface area is 136 Å². The van der Waals surface area contributed by atoms with E-state index in [-0.39, 0.29) is 18.1 Å². The lowest BCUT2D eigenvalue weighted by molar-refractivity contribution is 0.0658. The summed E-state index contributed by atoms with van der Waals surface area (Å²) in [5, 5.41) is 28.3. The fourth-order valence-corrected chi connectivity index (χ4v) is 1.62. The van der Waals surface area contributed by atoms with E-state index in [2.05, 4.69) is 10.5 Å². The minimum Gasteiger partial charge on any atom is -0.486 e. The van der Waals surface area contributed by atoms with Gasteiger partial charge in [0, 0.05) is 0 Å². The van der Waals surface area contributed by atoms with Gasteiger partial charge < -0.3 is 20.0 Å². The van der Waals surface area contributed by atoms with Gasteiger partial charge in [-0.2, -0.15) is 10.4 Å². The first-order valence-electron chi connectivity index (χ1n) is 6.62. The Hall–Kier alpha value is -3.80. The topological polar surface area (TPSA) is 158 Å². The molecular weight excluding hydrogens is 314 g/mol. The van der Waals surface area contributed by atoms with E-state index < -0.39 is 11.8 Å². The van der Waals surface area contributed by atoms with Gasteiger partial charge in [0.15, 0.2) is 5.84 Å². The zero-order valence-corrected chi connectivity index (χ0v) is 12.3. The fraction of sp³-hybridized carbons (Fsp3) is 0.0667. The highest BCUT2D eigenvalue weighted by Crippen LogP contribution is 2.18. The number of nitrogens with two attached hydrogens (primary N) is 1. The van der Waals surface area contributed by atoms with Crippen LogP contribution < -0.4 is 15.9 Å². The van der Waals surface area contributed by atoms with Crippen molar-refractivity contribution < 1.29 is 19.1 Å². The molecule has 9 nitrogen and oxygen atoms in total. The molecule has 0 unspecified atom stereocenters. The highest BCUT2D eigenvalue weighted by atomic mass is 16.5. The number of rotatable bonds is 7. The number of nitriles is 1. The van der Waals surface area contributed by atoms with Gasteiger partial charge >= 0.3 is 5.97 Å². The molecule has 5 N–H and O–H groups in total. The second-order valence-corrected chi connectivity index (χ2v) is 4.48. The lowest BCUT2D eigenvalue weighted by Gasteiger charge is -2.06. The van der Waals surface area contributed by atoms with Crippen LogP contribution in [-0.2, 0) is 6.61 Å². The van der Waals surface area contributed by atoms with Gasteiger partial charge in [-0.15, -0.1) is 0 Å². The van der Waals surface area contributed by atoms with Crippen LogP contribution >= 0.6 is 0 Å². The maximum atomic E-state index is 10.7. The first-order valence-corrected chi connectivity index (χ1v) is 6.62. The van der Waals surface area contributed by atoms with E-state index in [0.717, 1.165) is 0 Å². The van der Waals surface area contributed by atoms with Gasteiger partial charge in [-0.1, -0.05) is 0 Å². The number of amidine groups is 1. The highest BCUT2D eigenvalue weighted by Gasteiger charge is 2.09. The molecule has 9 heteroatoms. The molecule has 0 bridgehead atoms. The summed E-state index contributed by atoms with van der Waals surface area (Å²) >= 11 is 0. The van der Waals surface area contributed by atoms with E-state index in [1.807, 2.05) is 0 Å². The molecule has 0 radical (unpaired) electrons. The van der Waals surface area contributed by atoms with E-state index in [1.54, 1.807) is 30.3 Å². The summed E-state index contributed by atoms with van der Waals surface area (Å²) in [7, 11) is 0. The van der Waals surface area contributed by atoms with Crippen LogP contribution in [0.1, 0.15) is 16.3 Å². The van der Waals surface area contributed by atoms with E-state index in [9.17, 15) is 4.79 Å². The Bertz CT molecular complexity index is 817. The predicted molar refractivity (Wildman–Crippen MR) is 85.0 cm³/mol. The molecule has 0 atom stereocenters. The van der Waals surface area contributed by atoms with E-state index in [1.165, 1.54) is 12.1 Å². The Morgan fingerprint density at radius 2 is 2.08 bits per heavy atom. The van der Waals surface area contributed by atoms with Crippen molar-refractivity contribution in [1.82, 2.24) is 0 Å². The number of benzene rings is 1. The maximum absolute atomic E-state index is 10.7. The quantitative estimate of drug-likeness (QED) is 0.343. The first-order chi connectivity index (χ1) is 11.5. The Morgan fingerprint density at radius 1 is 1.38 bits per heavy atom. The van der Waals surface area contributed by atoms with Gasteiger partial charge in [0.05, 0.1) is 5.69 Å². The number of furan rings is 1. The Balaban J connectivity index is 1.93. The average Bonchev–Trinajstić information content (AvgIpc) is 3.03. The largest absolute Gasteiger partial charge is 0.486 e. The van der Waals surface area contributed by atoms with Crippen molar-refractivity contribution in [3.63, 3.8) is 0 Å². The number of carboxylic acid groups (broad SMARTS) is 1. The number of ether oxygens (including phenoxy) is 1. The van der Waals surface area contributed by atoms with Gasteiger partial charge in [0.25, 0.3) is 0 Å². The van der Waals surface area contributed by atoms with Gasteiger partial charge in [-0.25, -0.2) is 4.79 Å². The van der Waals surface area contributed by atoms with Crippen molar-refractivity contribution in [2.75, 3.05) is 5.43 Å². The number of hydrogen-bond acceptors (Lipinski definition) is 7. The Morgan fingerprint density at radius 3 is 2.62 bits per heavy atom. The monoisotopic (exact) mass is 327 g/mol. The van der Waals surface area contributed by atoms with E-state index in [0.29, 0.717) is 17.2 Å². The summed E-state index contributed by atoms with van der Waals surface area (Å²) in [5.41, 5.74) is 8.13. The van der Waals surface area contributed by atoms with Crippen LogP contribution in [0.5, 0.6) is 5.75 Å². The molecule has 1 aromatic carbocycles. The third kappa shape index (κ3) is 4.35. The van der Waals surface area contributed by atoms with Gasteiger partial charge in [-0.05, 0) is 36.4 Å². The molecule has 1 heterocycles. The lowest BCUT2D eigenvalue weighted by atomic mass is 10.3. The van der Waals surface area contributed by atoms with Crippen LogP contribution in [0.15, 0.2) is 45.9 Å². The molecular formula is C15H13N5O4. The number of carboxylic acids is 1. The minimum absolute atomic E-state index is 0.0844. The summed E-state index contributed by atoms with van der Waals surface area (Å²) in [6.07, 6.45) is 0. The first kappa shape index (κ1) is 16.6. The molecule has 0 amide bonds. The zero-order chi connectivity index (χ0) is 17.5. The van der Waals surface area contributed by atoms with E-state index >= 15 is 0 Å². The van der Waals surface area contributed by atoms with Crippen molar-refractivity contribution in [1.29, 1.82) is 10.7 Å². The second kappa shape index (κ2) is 7.46. The maximum Gasteiger partial charge on any atom is 0.371 e. The standard InChI is InChI=1S/C15H13N5O4/c16-7-12(14(17)18)20-19-9-1-3-10(4-2-9)23-8-11-5-6-13(24-11)15(21)22/h1-6,19H,8H2,(H3,17,18)(H,21,22)/b20-12+. The molecule has 0 saturated carbocycles. The van der Waals surface area contributed by atoms with Gasteiger partial charge in [0.1, 0.15) is 24.2 Å². The van der Waals surface area contributed by atoms with Crippen molar-refractivity contribution >= 4 is 23.2 Å². The molecule has 0 aliphatic carbocycles. The molecule has 1 aromatic heterocycles. The van der Waals surface area contributed by atoms with Gasteiger partial charge in [-0.3, -0.25) is 10.8 Å². The summed E-state index contributed by atoms with van der Waals surface area (Å²) < 4.78 is 10.5. The number of nitrogens with one attached hydrogen (secondary N) is 2. The number of carbonyl (C=O) groups is 1. The molecule has 24 heavy (non-hydrogen) atoms. The molecule has 2 aromatic rings. The third-order valence-corrected chi connectivity index (χ3v) is 2.77. The summed E-state index contributed by atoms with van der Waals surface area (Å²) in [4.78, 5) is 10.7. The normalized spacial score (nSPS) is 10.7. The number of nitrogens with zero attached hydrogens (tertiary/aromatic N) is 2. The van der Waals surface area contributed by atoms with Crippen LogP contribution in [0.3, 0.4) is 0 Å². The molecule has 0 spiro atoms. The van der Waals surface area contributed by atoms with Crippen molar-refractivity contribution in [3.05, 3.63) is 47.9 Å². The molecule has 0 saturated heterocycles. The molecule has 0 aliphatic rings. The smallest absolute Gasteiger partial charge is 0.371 e. The van der Waals surface area contributed by atoms with Crippen molar-refractivity contribution in [3.8, 4) is 11.8 Å². The predicted octanol–water partition coefficient (Wildman–Crippen LogP) is 1.78. The third-order valence-electron chi connectivity index (χ3n) is 2.77.